The third kappa shape index (κ3) is 2.99. The van der Waals surface area contributed by atoms with Crippen molar-refractivity contribution in [2.75, 3.05) is 0 Å². The van der Waals surface area contributed by atoms with E-state index >= 15 is 0 Å². The minimum Gasteiger partial charge on any atom is -0.388 e. The zero-order valence-electron chi connectivity index (χ0n) is 8.85. The van der Waals surface area contributed by atoms with Gasteiger partial charge in [0.1, 0.15) is 5.82 Å². The van der Waals surface area contributed by atoms with Gasteiger partial charge in [0, 0.05) is 18.2 Å². The van der Waals surface area contributed by atoms with Gasteiger partial charge in [0.2, 0.25) is 0 Å². The predicted octanol–water partition coefficient (Wildman–Crippen LogP) is 2.55. The van der Waals surface area contributed by atoms with Gasteiger partial charge in [-0.15, -0.1) is 0 Å². The van der Waals surface area contributed by atoms with Crippen molar-refractivity contribution >= 4 is 11.6 Å². The number of aromatic nitrogens is 2. The Labute approximate surface area is 103 Å². The molecule has 17 heavy (non-hydrogen) atoms. The van der Waals surface area contributed by atoms with Crippen molar-refractivity contribution < 1.29 is 9.50 Å². The highest BCUT2D eigenvalue weighted by Crippen LogP contribution is 2.21. The highest BCUT2D eigenvalue weighted by molar-refractivity contribution is 6.30. The lowest BCUT2D eigenvalue weighted by atomic mass is 10.0. The first-order valence-electron chi connectivity index (χ1n) is 5.05. The molecule has 0 aliphatic heterocycles. The fourth-order valence-corrected chi connectivity index (χ4v) is 1.71. The van der Waals surface area contributed by atoms with Crippen molar-refractivity contribution in [2.24, 2.45) is 0 Å². The molecule has 1 atom stereocenters. The van der Waals surface area contributed by atoms with Gasteiger partial charge in [-0.1, -0.05) is 17.7 Å². The number of aliphatic hydroxyl groups excluding tert-OH is 1. The molecule has 3 nitrogen and oxygen atoms in total. The molecule has 2 rings (SSSR count). The van der Waals surface area contributed by atoms with Crippen LogP contribution in [0.5, 0.6) is 0 Å². The summed E-state index contributed by atoms with van der Waals surface area (Å²) in [7, 11) is 0. The molecular formula is C12H10ClFN2O. The molecule has 1 unspecified atom stereocenters. The lowest BCUT2D eigenvalue weighted by Gasteiger charge is -2.10. The quantitative estimate of drug-likeness (QED) is 0.913. The van der Waals surface area contributed by atoms with Crippen LogP contribution < -0.4 is 0 Å². The van der Waals surface area contributed by atoms with Gasteiger partial charge in [0.25, 0.3) is 0 Å². The lowest BCUT2D eigenvalue weighted by Crippen LogP contribution is -2.02. The monoisotopic (exact) mass is 252 g/mol. The Kier molecular flexibility index (Phi) is 3.66. The zero-order chi connectivity index (χ0) is 12.3. The molecule has 0 fully saturated rings. The largest absolute Gasteiger partial charge is 0.388 e. The highest BCUT2D eigenvalue weighted by Gasteiger charge is 2.10. The van der Waals surface area contributed by atoms with E-state index in [2.05, 4.69) is 10.2 Å². The molecule has 1 heterocycles. The summed E-state index contributed by atoms with van der Waals surface area (Å²) in [5.41, 5.74) is 1.43. The molecule has 0 aliphatic rings. The van der Waals surface area contributed by atoms with E-state index in [-0.39, 0.29) is 5.02 Å². The maximum Gasteiger partial charge on any atom is 0.141 e. The molecule has 1 aromatic carbocycles. The summed E-state index contributed by atoms with van der Waals surface area (Å²) in [5, 5.41) is 17.3. The Hall–Kier alpha value is -1.52. The number of benzene rings is 1. The molecular weight excluding hydrogens is 243 g/mol. The number of rotatable bonds is 3. The van der Waals surface area contributed by atoms with Crippen molar-refractivity contribution in [1.82, 2.24) is 10.2 Å². The molecule has 0 aliphatic carbocycles. The molecule has 5 heteroatoms. The van der Waals surface area contributed by atoms with Crippen molar-refractivity contribution in [1.29, 1.82) is 0 Å². The zero-order valence-corrected chi connectivity index (χ0v) is 9.60. The van der Waals surface area contributed by atoms with E-state index in [4.69, 9.17) is 11.6 Å². The third-order valence-electron chi connectivity index (χ3n) is 2.40. The van der Waals surface area contributed by atoms with Gasteiger partial charge in [0.05, 0.1) is 17.3 Å². The first kappa shape index (κ1) is 12.0. The lowest BCUT2D eigenvalue weighted by molar-refractivity contribution is 0.178. The summed E-state index contributed by atoms with van der Waals surface area (Å²) in [5.74, 6) is -0.463. The second kappa shape index (κ2) is 5.21. The second-order valence-corrected chi connectivity index (χ2v) is 4.05. The average molecular weight is 253 g/mol. The van der Waals surface area contributed by atoms with E-state index in [1.54, 1.807) is 12.1 Å². The van der Waals surface area contributed by atoms with Crippen LogP contribution in [0.15, 0.2) is 36.7 Å². The number of halogens is 2. The standard InChI is InChI=1S/C12H10ClFN2O/c13-10-5-8(1-2-11(10)14)6-12(17)9-3-4-15-16-7-9/h1-5,7,12,17H,6H2. The van der Waals surface area contributed by atoms with Crippen LogP contribution in [0.25, 0.3) is 0 Å². The van der Waals surface area contributed by atoms with Crippen LogP contribution in [-0.2, 0) is 6.42 Å². The maximum absolute atomic E-state index is 12.9. The Morgan fingerprint density at radius 3 is 2.76 bits per heavy atom. The van der Waals surface area contributed by atoms with E-state index in [0.717, 1.165) is 5.56 Å². The van der Waals surface area contributed by atoms with Crippen molar-refractivity contribution in [3.8, 4) is 0 Å². The Morgan fingerprint density at radius 2 is 2.12 bits per heavy atom. The first-order valence-corrected chi connectivity index (χ1v) is 5.43. The van der Waals surface area contributed by atoms with Crippen molar-refractivity contribution in [3.63, 3.8) is 0 Å². The molecule has 0 radical (unpaired) electrons. The van der Waals surface area contributed by atoms with Crippen molar-refractivity contribution in [2.45, 2.75) is 12.5 Å². The fraction of sp³-hybridized carbons (Fsp3) is 0.167. The highest BCUT2D eigenvalue weighted by atomic mass is 35.5. The van der Waals surface area contributed by atoms with Crippen LogP contribution in [0.4, 0.5) is 4.39 Å². The summed E-state index contributed by atoms with van der Waals surface area (Å²) in [6, 6.07) is 6.08. The predicted molar refractivity (Wildman–Crippen MR) is 62.1 cm³/mol. The minimum absolute atomic E-state index is 0.0579. The van der Waals surface area contributed by atoms with Gasteiger partial charge in [-0.3, -0.25) is 0 Å². The Morgan fingerprint density at radius 1 is 1.29 bits per heavy atom. The molecule has 0 saturated carbocycles. The maximum atomic E-state index is 12.9. The summed E-state index contributed by atoms with van der Waals surface area (Å²) in [4.78, 5) is 0. The van der Waals surface area contributed by atoms with E-state index in [0.29, 0.717) is 12.0 Å². The molecule has 0 bridgehead atoms. The second-order valence-electron chi connectivity index (χ2n) is 3.64. The molecule has 88 valence electrons. The number of aliphatic hydroxyl groups is 1. The summed E-state index contributed by atoms with van der Waals surface area (Å²) in [6.45, 7) is 0. The van der Waals surface area contributed by atoms with E-state index in [9.17, 15) is 9.50 Å². The van der Waals surface area contributed by atoms with Gasteiger partial charge >= 0.3 is 0 Å². The Balaban J connectivity index is 2.13. The van der Waals surface area contributed by atoms with Crippen LogP contribution in [0.2, 0.25) is 5.02 Å². The Bertz CT molecular complexity index is 507. The first-order chi connectivity index (χ1) is 8.16. The van der Waals surface area contributed by atoms with E-state index in [1.807, 2.05) is 0 Å². The number of nitrogens with zero attached hydrogens (tertiary/aromatic N) is 2. The molecule has 1 aromatic heterocycles. The molecule has 0 saturated heterocycles. The van der Waals surface area contributed by atoms with Gasteiger partial charge in [0.15, 0.2) is 0 Å². The van der Waals surface area contributed by atoms with Crippen LogP contribution in [0.1, 0.15) is 17.2 Å². The van der Waals surface area contributed by atoms with E-state index < -0.39 is 11.9 Å². The smallest absolute Gasteiger partial charge is 0.141 e. The van der Waals surface area contributed by atoms with Crippen molar-refractivity contribution in [3.05, 3.63) is 58.6 Å². The van der Waals surface area contributed by atoms with Crippen LogP contribution in [-0.4, -0.2) is 15.3 Å². The summed E-state index contributed by atoms with van der Waals surface area (Å²) >= 11 is 5.66. The van der Waals surface area contributed by atoms with Crippen LogP contribution in [0, 0.1) is 5.82 Å². The number of hydrogen-bond acceptors (Lipinski definition) is 3. The third-order valence-corrected chi connectivity index (χ3v) is 2.69. The van der Waals surface area contributed by atoms with Gasteiger partial charge in [-0.2, -0.15) is 10.2 Å². The summed E-state index contributed by atoms with van der Waals surface area (Å²) < 4.78 is 12.9. The molecule has 0 amide bonds. The topological polar surface area (TPSA) is 46.0 Å². The molecule has 0 spiro atoms. The van der Waals surface area contributed by atoms with E-state index in [1.165, 1.54) is 24.5 Å². The fourth-order valence-electron chi connectivity index (χ4n) is 1.51. The normalized spacial score (nSPS) is 12.4. The van der Waals surface area contributed by atoms with Gasteiger partial charge < -0.3 is 5.11 Å². The summed E-state index contributed by atoms with van der Waals surface area (Å²) in [6.07, 6.45) is 2.66. The van der Waals surface area contributed by atoms with Gasteiger partial charge in [-0.25, -0.2) is 4.39 Å². The van der Waals surface area contributed by atoms with Crippen LogP contribution in [0.3, 0.4) is 0 Å². The van der Waals surface area contributed by atoms with Gasteiger partial charge in [-0.05, 0) is 23.8 Å². The SMILES string of the molecule is OC(Cc1ccc(F)c(Cl)c1)c1ccnnc1. The molecule has 2 aromatic rings. The average Bonchev–Trinajstić information content (AvgIpc) is 2.35. The number of hydrogen-bond donors (Lipinski definition) is 1. The minimum atomic E-state index is -0.702. The van der Waals surface area contributed by atoms with Crippen LogP contribution >= 0.6 is 11.6 Å². The molecule has 1 N–H and O–H groups in total.